The van der Waals surface area contributed by atoms with Crippen LogP contribution in [0.25, 0.3) is 0 Å². The van der Waals surface area contributed by atoms with Crippen LogP contribution in [0, 0.1) is 0 Å². The molecule has 1 aromatic rings. The summed E-state index contributed by atoms with van der Waals surface area (Å²) in [6.45, 7) is 0. The zero-order valence-corrected chi connectivity index (χ0v) is 8.01. The Bertz CT molecular complexity index is 326. The fourth-order valence-electron chi connectivity index (χ4n) is 0.907. The molecule has 0 spiro atoms. The Labute approximate surface area is 86.6 Å². The highest BCUT2D eigenvalue weighted by Crippen LogP contribution is 2.15. The van der Waals surface area contributed by atoms with Gasteiger partial charge in [-0.15, -0.1) is 0 Å². The lowest BCUT2D eigenvalue weighted by molar-refractivity contribution is 0.187. The summed E-state index contributed by atoms with van der Waals surface area (Å²) in [5.74, 6) is 0.278. The van der Waals surface area contributed by atoms with E-state index in [2.05, 4.69) is 14.7 Å². The first kappa shape index (κ1) is 11.4. The second-order valence-electron chi connectivity index (χ2n) is 2.59. The van der Waals surface area contributed by atoms with Gasteiger partial charge in [-0.25, -0.2) is 4.79 Å². The van der Waals surface area contributed by atoms with Crippen LogP contribution in [0.2, 0.25) is 0 Å². The molecule has 0 aromatic heterocycles. The lowest BCUT2D eigenvalue weighted by atomic mass is 10.2. The van der Waals surface area contributed by atoms with Crippen molar-refractivity contribution in [3.8, 4) is 5.75 Å². The first-order valence-electron chi connectivity index (χ1n) is 4.09. The molecule has 0 radical (unpaired) electrons. The average molecular weight is 211 g/mol. The van der Waals surface area contributed by atoms with Crippen molar-refractivity contribution in [3.63, 3.8) is 0 Å². The summed E-state index contributed by atoms with van der Waals surface area (Å²) in [6, 6.07) is 6.03. The van der Waals surface area contributed by atoms with Crippen LogP contribution in [0.5, 0.6) is 5.75 Å². The van der Waals surface area contributed by atoms with Crippen LogP contribution in [0.1, 0.15) is 0 Å². The molecule has 3 N–H and O–H groups in total. The van der Waals surface area contributed by atoms with Crippen LogP contribution < -0.4 is 9.97 Å². The predicted octanol–water partition coefficient (Wildman–Crippen LogP) is 0.213. The van der Waals surface area contributed by atoms with E-state index in [0.717, 1.165) is 0 Å². The molecule has 80 valence electrons. The number of carbonyl (C=O) groups is 1. The third kappa shape index (κ3) is 3.88. The van der Waals surface area contributed by atoms with Crippen molar-refractivity contribution in [2.24, 2.45) is 0 Å². The number of ether oxygens (including phenoxy) is 1. The normalized spacial score (nSPS) is 9.27. The Morgan fingerprint density at radius 2 is 1.93 bits per heavy atom. The van der Waals surface area contributed by atoms with Crippen molar-refractivity contribution < 1.29 is 24.2 Å². The SMILES string of the molecule is COC(=O)Nc1ccc(OB(O)O)cc1. The van der Waals surface area contributed by atoms with Gasteiger partial charge in [0.25, 0.3) is 0 Å². The molecule has 0 saturated carbocycles. The van der Waals surface area contributed by atoms with E-state index in [1.165, 1.54) is 31.4 Å². The first-order chi connectivity index (χ1) is 7.11. The van der Waals surface area contributed by atoms with E-state index in [-0.39, 0.29) is 5.75 Å². The van der Waals surface area contributed by atoms with Gasteiger partial charge in [0.2, 0.25) is 0 Å². The van der Waals surface area contributed by atoms with Crippen molar-refractivity contribution in [2.75, 3.05) is 12.4 Å². The van der Waals surface area contributed by atoms with Crippen LogP contribution in [-0.2, 0) is 4.74 Å². The van der Waals surface area contributed by atoms with Gasteiger partial charge < -0.3 is 19.4 Å². The zero-order chi connectivity index (χ0) is 11.3. The zero-order valence-electron chi connectivity index (χ0n) is 8.01. The highest BCUT2D eigenvalue weighted by atomic mass is 16.6. The molecule has 0 heterocycles. The molecule has 1 rings (SSSR count). The van der Waals surface area contributed by atoms with Gasteiger partial charge in [0.1, 0.15) is 5.75 Å². The second kappa shape index (κ2) is 5.23. The summed E-state index contributed by atoms with van der Waals surface area (Å²) in [5.41, 5.74) is 0.515. The molecule has 0 aliphatic carbocycles. The number of rotatable bonds is 3. The Kier molecular flexibility index (Phi) is 3.96. The first-order valence-corrected chi connectivity index (χ1v) is 4.09. The molecule has 0 bridgehead atoms. The number of nitrogens with one attached hydrogen (secondary N) is 1. The van der Waals surface area contributed by atoms with Gasteiger partial charge in [-0.05, 0) is 24.3 Å². The lowest BCUT2D eigenvalue weighted by Gasteiger charge is -2.06. The molecule has 1 aromatic carbocycles. The third-order valence-corrected chi connectivity index (χ3v) is 1.53. The van der Waals surface area contributed by atoms with Gasteiger partial charge in [0.15, 0.2) is 0 Å². The summed E-state index contributed by atoms with van der Waals surface area (Å²) in [4.78, 5) is 10.8. The third-order valence-electron chi connectivity index (χ3n) is 1.53. The van der Waals surface area contributed by atoms with E-state index in [1.54, 1.807) is 0 Å². The average Bonchev–Trinajstić information content (AvgIpc) is 2.20. The topological polar surface area (TPSA) is 88.0 Å². The maximum Gasteiger partial charge on any atom is 0.707 e. The molecular weight excluding hydrogens is 201 g/mol. The van der Waals surface area contributed by atoms with Gasteiger partial charge in [-0.3, -0.25) is 5.32 Å². The van der Waals surface area contributed by atoms with Gasteiger partial charge in [-0.1, -0.05) is 0 Å². The van der Waals surface area contributed by atoms with E-state index in [1.807, 2.05) is 0 Å². The molecule has 7 heteroatoms. The quantitative estimate of drug-likeness (QED) is 0.622. The highest BCUT2D eigenvalue weighted by molar-refractivity contribution is 6.33. The van der Waals surface area contributed by atoms with E-state index in [4.69, 9.17) is 10.0 Å². The Morgan fingerprint density at radius 3 is 2.40 bits per heavy atom. The largest absolute Gasteiger partial charge is 0.707 e. The van der Waals surface area contributed by atoms with Crippen LogP contribution >= 0.6 is 0 Å². The minimum absolute atomic E-state index is 0.278. The van der Waals surface area contributed by atoms with E-state index >= 15 is 0 Å². The molecule has 0 unspecified atom stereocenters. The molecular formula is C8H10BNO5. The van der Waals surface area contributed by atoms with Crippen molar-refractivity contribution in [1.82, 2.24) is 0 Å². The van der Waals surface area contributed by atoms with Crippen LogP contribution in [-0.4, -0.2) is 30.6 Å². The van der Waals surface area contributed by atoms with Crippen molar-refractivity contribution in [1.29, 1.82) is 0 Å². The van der Waals surface area contributed by atoms with Crippen LogP contribution in [0.4, 0.5) is 10.5 Å². The molecule has 0 fully saturated rings. The summed E-state index contributed by atoms with van der Waals surface area (Å²) in [5, 5.41) is 19.4. The Hall–Kier alpha value is -1.73. The standard InChI is InChI=1S/C8H10BNO5/c1-14-8(11)10-6-2-4-7(5-3-6)15-9(12)13/h2-5,12-13H,1H3,(H,10,11). The number of carbonyl (C=O) groups excluding carboxylic acids is 1. The maximum atomic E-state index is 10.8. The van der Waals surface area contributed by atoms with Crippen LogP contribution in [0.3, 0.4) is 0 Å². The fraction of sp³-hybridized carbons (Fsp3) is 0.125. The van der Waals surface area contributed by atoms with Gasteiger partial charge in [0.05, 0.1) is 7.11 Å². The number of methoxy groups -OCH3 is 1. The number of hydrogen-bond donors (Lipinski definition) is 3. The Morgan fingerprint density at radius 1 is 1.33 bits per heavy atom. The molecule has 0 aliphatic heterocycles. The molecule has 6 nitrogen and oxygen atoms in total. The van der Waals surface area contributed by atoms with E-state index in [0.29, 0.717) is 5.69 Å². The van der Waals surface area contributed by atoms with E-state index < -0.39 is 13.4 Å². The molecule has 1 amide bonds. The van der Waals surface area contributed by atoms with Gasteiger partial charge in [-0.2, -0.15) is 0 Å². The monoisotopic (exact) mass is 211 g/mol. The molecule has 0 atom stereocenters. The van der Waals surface area contributed by atoms with Gasteiger partial charge in [0, 0.05) is 5.69 Å². The fourth-order valence-corrected chi connectivity index (χ4v) is 0.907. The van der Waals surface area contributed by atoms with E-state index in [9.17, 15) is 4.79 Å². The summed E-state index contributed by atoms with van der Waals surface area (Å²) in [6.07, 6.45) is -0.578. The highest BCUT2D eigenvalue weighted by Gasteiger charge is 2.10. The predicted molar refractivity (Wildman–Crippen MR) is 53.3 cm³/mol. The van der Waals surface area contributed by atoms with Crippen molar-refractivity contribution in [3.05, 3.63) is 24.3 Å². The number of anilines is 1. The number of benzene rings is 1. The minimum Gasteiger partial charge on any atom is -0.512 e. The molecule has 0 saturated heterocycles. The summed E-state index contributed by atoms with van der Waals surface area (Å²) >= 11 is 0. The van der Waals surface area contributed by atoms with Crippen molar-refractivity contribution >= 4 is 19.1 Å². The number of hydrogen-bond acceptors (Lipinski definition) is 5. The maximum absolute atomic E-state index is 10.8. The molecule has 15 heavy (non-hydrogen) atoms. The van der Waals surface area contributed by atoms with Crippen LogP contribution in [0.15, 0.2) is 24.3 Å². The number of amides is 1. The lowest BCUT2D eigenvalue weighted by Crippen LogP contribution is -2.20. The van der Waals surface area contributed by atoms with Crippen molar-refractivity contribution in [2.45, 2.75) is 0 Å². The molecule has 0 aliphatic rings. The van der Waals surface area contributed by atoms with Gasteiger partial charge >= 0.3 is 13.4 Å². The minimum atomic E-state index is -1.86. The summed E-state index contributed by atoms with van der Waals surface area (Å²) in [7, 11) is -0.598. The smallest absolute Gasteiger partial charge is 0.512 e. The Balaban J connectivity index is 2.60. The second-order valence-corrected chi connectivity index (χ2v) is 2.59. The summed E-state index contributed by atoms with van der Waals surface area (Å²) < 4.78 is 8.96.